The summed E-state index contributed by atoms with van der Waals surface area (Å²) in [6.45, 7) is 0. The van der Waals surface area contributed by atoms with Crippen LogP contribution in [0.5, 0.6) is 11.6 Å². The van der Waals surface area contributed by atoms with Gasteiger partial charge in [-0.15, -0.1) is 0 Å². The van der Waals surface area contributed by atoms with E-state index in [1.807, 2.05) is 12.1 Å². The number of hydrogen-bond acceptors (Lipinski definition) is 5. The molecule has 21 heavy (non-hydrogen) atoms. The van der Waals surface area contributed by atoms with Crippen molar-refractivity contribution in [2.24, 2.45) is 0 Å². The van der Waals surface area contributed by atoms with E-state index >= 15 is 0 Å². The predicted octanol–water partition coefficient (Wildman–Crippen LogP) is 2.93. The molecule has 108 valence electrons. The molecule has 1 aromatic carbocycles. The molecule has 5 heteroatoms. The van der Waals surface area contributed by atoms with Crippen LogP contribution in [-0.4, -0.2) is 23.0 Å². The zero-order valence-corrected chi connectivity index (χ0v) is 11.8. The number of carbonyl (C=O) groups is 1. The van der Waals surface area contributed by atoms with E-state index in [1.54, 1.807) is 0 Å². The number of carbonyl (C=O) groups excluding carboxylic acids is 1. The Hall–Kier alpha value is -2.43. The Morgan fingerprint density at radius 1 is 1.14 bits per heavy atom. The van der Waals surface area contributed by atoms with Crippen molar-refractivity contribution >= 4 is 5.97 Å². The molecule has 0 fully saturated rings. The summed E-state index contributed by atoms with van der Waals surface area (Å²) in [6.07, 6.45) is 7.51. The van der Waals surface area contributed by atoms with Crippen LogP contribution >= 0.6 is 0 Å². The lowest BCUT2D eigenvalue weighted by atomic mass is 9.92. The first-order valence-electron chi connectivity index (χ1n) is 6.96. The van der Waals surface area contributed by atoms with Gasteiger partial charge in [0.15, 0.2) is 5.69 Å². The Balaban J connectivity index is 1.82. The first-order valence-corrected chi connectivity index (χ1v) is 6.96. The van der Waals surface area contributed by atoms with Crippen molar-refractivity contribution in [1.82, 2.24) is 9.97 Å². The second kappa shape index (κ2) is 5.91. The molecule has 1 heterocycles. The summed E-state index contributed by atoms with van der Waals surface area (Å²) in [7, 11) is 1.31. The number of methoxy groups -OCH3 is 1. The Bertz CT molecular complexity index is 670. The lowest BCUT2D eigenvalue weighted by Gasteiger charge is -2.16. The molecular formula is C16H16N2O3. The highest BCUT2D eigenvalue weighted by Gasteiger charge is 2.12. The Kier molecular flexibility index (Phi) is 3.81. The van der Waals surface area contributed by atoms with Crippen LogP contribution in [0.1, 0.15) is 34.5 Å². The molecule has 2 aromatic rings. The summed E-state index contributed by atoms with van der Waals surface area (Å²) in [5.41, 5.74) is 2.85. The molecule has 0 aliphatic heterocycles. The maximum atomic E-state index is 11.4. The van der Waals surface area contributed by atoms with Gasteiger partial charge in [-0.05, 0) is 48.9 Å². The van der Waals surface area contributed by atoms with E-state index in [9.17, 15) is 4.79 Å². The first kappa shape index (κ1) is 13.5. The summed E-state index contributed by atoms with van der Waals surface area (Å²) >= 11 is 0. The van der Waals surface area contributed by atoms with Gasteiger partial charge in [-0.2, -0.15) is 0 Å². The quantitative estimate of drug-likeness (QED) is 0.811. The van der Waals surface area contributed by atoms with Gasteiger partial charge in [0.2, 0.25) is 5.88 Å². The normalized spacial score (nSPS) is 13.4. The second-order valence-electron chi connectivity index (χ2n) is 4.97. The maximum Gasteiger partial charge on any atom is 0.358 e. The fourth-order valence-corrected chi connectivity index (χ4v) is 2.49. The number of hydrogen-bond donors (Lipinski definition) is 0. The smallest absolute Gasteiger partial charge is 0.358 e. The number of ether oxygens (including phenoxy) is 2. The molecule has 0 saturated heterocycles. The summed E-state index contributed by atoms with van der Waals surface area (Å²) in [4.78, 5) is 19.5. The maximum absolute atomic E-state index is 11.4. The fourth-order valence-electron chi connectivity index (χ4n) is 2.49. The van der Waals surface area contributed by atoms with Crippen LogP contribution in [0.25, 0.3) is 0 Å². The third kappa shape index (κ3) is 3.02. The third-order valence-corrected chi connectivity index (χ3v) is 3.55. The van der Waals surface area contributed by atoms with E-state index in [-0.39, 0.29) is 11.6 Å². The van der Waals surface area contributed by atoms with Crippen molar-refractivity contribution in [3.05, 3.63) is 47.4 Å². The van der Waals surface area contributed by atoms with Crippen LogP contribution in [-0.2, 0) is 17.6 Å². The number of aromatic nitrogens is 2. The molecule has 0 unspecified atom stereocenters. The topological polar surface area (TPSA) is 61.3 Å². The van der Waals surface area contributed by atoms with Crippen LogP contribution in [0.4, 0.5) is 0 Å². The minimum Gasteiger partial charge on any atom is -0.464 e. The standard InChI is InChI=1S/C16H16N2O3/c1-20-16(19)14-9-17-10-15(18-14)21-13-7-6-11-4-2-3-5-12(11)8-13/h6-10H,2-5H2,1H3. The minimum absolute atomic E-state index is 0.132. The summed E-state index contributed by atoms with van der Waals surface area (Å²) in [5.74, 6) is 0.471. The number of esters is 1. The van der Waals surface area contributed by atoms with Gasteiger partial charge in [0.25, 0.3) is 0 Å². The number of nitrogens with zero attached hydrogens (tertiary/aromatic N) is 2. The van der Waals surface area contributed by atoms with E-state index in [4.69, 9.17) is 4.74 Å². The van der Waals surface area contributed by atoms with Gasteiger partial charge in [0.1, 0.15) is 5.75 Å². The van der Waals surface area contributed by atoms with Gasteiger partial charge in [-0.3, -0.25) is 4.98 Å². The molecule has 3 rings (SSSR count). The van der Waals surface area contributed by atoms with Gasteiger partial charge in [-0.1, -0.05) is 6.07 Å². The highest BCUT2D eigenvalue weighted by atomic mass is 16.5. The lowest BCUT2D eigenvalue weighted by Crippen LogP contribution is -2.06. The molecule has 5 nitrogen and oxygen atoms in total. The Morgan fingerprint density at radius 3 is 2.76 bits per heavy atom. The molecule has 1 aliphatic carbocycles. The molecule has 0 atom stereocenters. The number of rotatable bonds is 3. The average molecular weight is 284 g/mol. The van der Waals surface area contributed by atoms with Crippen LogP contribution in [0, 0.1) is 0 Å². The third-order valence-electron chi connectivity index (χ3n) is 3.55. The Morgan fingerprint density at radius 2 is 1.95 bits per heavy atom. The van der Waals surface area contributed by atoms with Crippen molar-refractivity contribution in [2.75, 3.05) is 7.11 Å². The molecule has 1 aliphatic rings. The molecule has 0 bridgehead atoms. The lowest BCUT2D eigenvalue weighted by molar-refractivity contribution is 0.0592. The molecular weight excluding hydrogens is 268 g/mol. The van der Waals surface area contributed by atoms with Gasteiger partial charge in [-0.25, -0.2) is 9.78 Å². The van der Waals surface area contributed by atoms with Crippen LogP contribution in [0.3, 0.4) is 0 Å². The molecule has 0 amide bonds. The molecule has 0 saturated carbocycles. The van der Waals surface area contributed by atoms with Crippen LogP contribution in [0.2, 0.25) is 0 Å². The molecule has 0 N–H and O–H groups in total. The van der Waals surface area contributed by atoms with Crippen molar-refractivity contribution in [1.29, 1.82) is 0 Å². The minimum atomic E-state index is -0.529. The zero-order valence-electron chi connectivity index (χ0n) is 11.8. The van der Waals surface area contributed by atoms with E-state index in [0.29, 0.717) is 5.75 Å². The zero-order chi connectivity index (χ0) is 14.7. The summed E-state index contributed by atoms with van der Waals surface area (Å²) in [6, 6.07) is 6.07. The molecule has 0 spiro atoms. The largest absolute Gasteiger partial charge is 0.464 e. The number of aryl methyl sites for hydroxylation is 2. The Labute approximate surface area is 123 Å². The molecule has 1 aromatic heterocycles. The fraction of sp³-hybridized carbons (Fsp3) is 0.312. The predicted molar refractivity (Wildman–Crippen MR) is 76.5 cm³/mol. The van der Waals surface area contributed by atoms with E-state index < -0.39 is 5.97 Å². The van der Waals surface area contributed by atoms with E-state index in [2.05, 4.69) is 20.8 Å². The van der Waals surface area contributed by atoms with Crippen molar-refractivity contribution < 1.29 is 14.3 Å². The van der Waals surface area contributed by atoms with Crippen LogP contribution in [0.15, 0.2) is 30.6 Å². The van der Waals surface area contributed by atoms with Gasteiger partial charge >= 0.3 is 5.97 Å². The molecule has 0 radical (unpaired) electrons. The second-order valence-corrected chi connectivity index (χ2v) is 4.97. The summed E-state index contributed by atoms with van der Waals surface area (Å²) < 4.78 is 10.3. The summed E-state index contributed by atoms with van der Waals surface area (Å²) in [5, 5.41) is 0. The van der Waals surface area contributed by atoms with Gasteiger partial charge < -0.3 is 9.47 Å². The van der Waals surface area contributed by atoms with E-state index in [0.717, 1.165) is 12.8 Å². The highest BCUT2D eigenvalue weighted by molar-refractivity contribution is 5.86. The van der Waals surface area contributed by atoms with Crippen molar-refractivity contribution in [3.8, 4) is 11.6 Å². The first-order chi connectivity index (χ1) is 10.3. The average Bonchev–Trinajstić information content (AvgIpc) is 2.54. The SMILES string of the molecule is COC(=O)c1cncc(Oc2ccc3c(c2)CCCC3)n1. The number of fused-ring (bicyclic) bond motifs is 1. The monoisotopic (exact) mass is 284 g/mol. The highest BCUT2D eigenvalue weighted by Crippen LogP contribution is 2.27. The van der Waals surface area contributed by atoms with Crippen LogP contribution < -0.4 is 4.74 Å². The van der Waals surface area contributed by atoms with Gasteiger partial charge in [0.05, 0.1) is 19.5 Å². The van der Waals surface area contributed by atoms with Crippen molar-refractivity contribution in [3.63, 3.8) is 0 Å². The number of benzene rings is 1. The van der Waals surface area contributed by atoms with Gasteiger partial charge in [0, 0.05) is 0 Å². The van der Waals surface area contributed by atoms with Crippen molar-refractivity contribution in [2.45, 2.75) is 25.7 Å². The van der Waals surface area contributed by atoms with E-state index in [1.165, 1.54) is 43.5 Å².